The van der Waals surface area contributed by atoms with Crippen LogP contribution in [-0.2, 0) is 12.0 Å². The minimum atomic E-state index is 0.0795. The van der Waals surface area contributed by atoms with Crippen molar-refractivity contribution in [3.8, 4) is 0 Å². The Morgan fingerprint density at radius 3 is 2.47 bits per heavy atom. The van der Waals surface area contributed by atoms with E-state index in [1.54, 1.807) is 0 Å². The van der Waals surface area contributed by atoms with Gasteiger partial charge in [-0.25, -0.2) is 0 Å². The first kappa shape index (κ1) is 10.5. The summed E-state index contributed by atoms with van der Waals surface area (Å²) in [7, 11) is 0. The number of hydrogen-bond donors (Lipinski definition) is 1. The summed E-state index contributed by atoms with van der Waals surface area (Å²) in [5.41, 5.74) is 4.45. The van der Waals surface area contributed by atoms with Crippen molar-refractivity contribution in [3.05, 3.63) is 71.3 Å². The number of rotatable bonds is 1. The summed E-state index contributed by atoms with van der Waals surface area (Å²) in [6.07, 6.45) is 1.18. The Hall–Kier alpha value is -1.60. The minimum absolute atomic E-state index is 0.0795. The predicted octanol–water partition coefficient (Wildman–Crippen LogP) is 2.07. The zero-order chi connectivity index (χ0) is 11.7. The van der Waals surface area contributed by atoms with E-state index >= 15 is 0 Å². The highest BCUT2D eigenvalue weighted by molar-refractivity contribution is 5.40. The van der Waals surface area contributed by atoms with Gasteiger partial charge in [0.25, 0.3) is 0 Å². The highest BCUT2D eigenvalue weighted by Crippen LogP contribution is 2.29. The monoisotopic (exact) mass is 224 g/mol. The molecule has 0 amide bonds. The van der Waals surface area contributed by atoms with Gasteiger partial charge in [-0.1, -0.05) is 54.6 Å². The Labute approximate surface area is 102 Å². The van der Waals surface area contributed by atoms with E-state index in [0.29, 0.717) is 0 Å². The van der Waals surface area contributed by atoms with Gasteiger partial charge in [-0.2, -0.15) is 0 Å². The van der Waals surface area contributed by atoms with Crippen molar-refractivity contribution >= 4 is 0 Å². The van der Waals surface area contributed by atoms with Crippen molar-refractivity contribution in [2.24, 2.45) is 0 Å². The molecule has 1 aliphatic rings. The molecule has 0 fully saturated rings. The Bertz CT molecular complexity index is 518. The summed E-state index contributed by atoms with van der Waals surface area (Å²) >= 11 is 0. The van der Waals surface area contributed by atoms with Gasteiger partial charge in [0, 0.05) is 17.5 Å². The minimum Gasteiger partial charge on any atom is -0.334 e. The fourth-order valence-electron chi connectivity index (χ4n) is 2.93. The first-order chi connectivity index (χ1) is 8.31. The standard InChI is InChI=1S/C16H17N/c1-16(14-8-3-2-4-9-14)15-10-6-5-7-13(15)11-12-17-16/h2-10,17H,11-12H2,1H3/p+1/t16-/m0/s1. The Morgan fingerprint density at radius 2 is 1.65 bits per heavy atom. The van der Waals surface area contributed by atoms with E-state index in [1.165, 1.54) is 29.7 Å². The topological polar surface area (TPSA) is 16.6 Å². The van der Waals surface area contributed by atoms with Crippen LogP contribution in [0.5, 0.6) is 0 Å². The molecule has 0 saturated heterocycles. The lowest BCUT2D eigenvalue weighted by Gasteiger charge is -2.34. The van der Waals surface area contributed by atoms with Gasteiger partial charge in [0.1, 0.15) is 5.54 Å². The molecular weight excluding hydrogens is 206 g/mol. The molecule has 1 atom stereocenters. The van der Waals surface area contributed by atoms with E-state index in [-0.39, 0.29) is 5.54 Å². The zero-order valence-electron chi connectivity index (χ0n) is 10.2. The average Bonchev–Trinajstić information content (AvgIpc) is 2.40. The second kappa shape index (κ2) is 4.01. The van der Waals surface area contributed by atoms with Crippen molar-refractivity contribution < 1.29 is 5.32 Å². The quantitative estimate of drug-likeness (QED) is 0.763. The molecule has 0 saturated carbocycles. The van der Waals surface area contributed by atoms with Crippen molar-refractivity contribution in [1.82, 2.24) is 0 Å². The molecule has 0 radical (unpaired) electrons. The molecule has 1 aliphatic heterocycles. The van der Waals surface area contributed by atoms with Gasteiger partial charge in [-0.3, -0.25) is 0 Å². The maximum Gasteiger partial charge on any atom is 0.145 e. The molecule has 0 unspecified atom stereocenters. The van der Waals surface area contributed by atoms with Crippen molar-refractivity contribution in [3.63, 3.8) is 0 Å². The Kier molecular flexibility index (Phi) is 2.49. The molecule has 0 aliphatic carbocycles. The SMILES string of the molecule is C[C@@]1(c2ccccc2)[NH2+]CCc2ccccc21. The normalized spacial score (nSPS) is 23.1. The number of quaternary nitrogens is 1. The van der Waals surface area contributed by atoms with Crippen LogP contribution in [0.2, 0.25) is 0 Å². The van der Waals surface area contributed by atoms with E-state index in [0.717, 1.165) is 0 Å². The molecule has 1 heteroatoms. The third-order valence-electron chi connectivity index (χ3n) is 3.92. The lowest BCUT2D eigenvalue weighted by atomic mass is 9.79. The van der Waals surface area contributed by atoms with Crippen LogP contribution >= 0.6 is 0 Å². The van der Waals surface area contributed by atoms with Gasteiger partial charge in [0.15, 0.2) is 0 Å². The van der Waals surface area contributed by atoms with Crippen LogP contribution in [0.3, 0.4) is 0 Å². The van der Waals surface area contributed by atoms with Gasteiger partial charge < -0.3 is 5.32 Å². The summed E-state index contributed by atoms with van der Waals surface area (Å²) in [4.78, 5) is 0. The molecule has 86 valence electrons. The lowest BCUT2D eigenvalue weighted by Crippen LogP contribution is -2.96. The van der Waals surface area contributed by atoms with E-state index in [9.17, 15) is 0 Å². The molecule has 2 N–H and O–H groups in total. The number of hydrogen-bond acceptors (Lipinski definition) is 0. The van der Waals surface area contributed by atoms with Crippen LogP contribution in [0.25, 0.3) is 0 Å². The van der Waals surface area contributed by atoms with E-state index < -0.39 is 0 Å². The zero-order valence-corrected chi connectivity index (χ0v) is 10.2. The van der Waals surface area contributed by atoms with Gasteiger partial charge in [0.2, 0.25) is 0 Å². The van der Waals surface area contributed by atoms with E-state index in [2.05, 4.69) is 66.8 Å². The molecule has 17 heavy (non-hydrogen) atoms. The highest BCUT2D eigenvalue weighted by Gasteiger charge is 2.36. The second-order valence-electron chi connectivity index (χ2n) is 4.97. The van der Waals surface area contributed by atoms with Crippen molar-refractivity contribution in [2.75, 3.05) is 6.54 Å². The van der Waals surface area contributed by atoms with Crippen molar-refractivity contribution in [1.29, 1.82) is 0 Å². The fraction of sp³-hybridized carbons (Fsp3) is 0.250. The van der Waals surface area contributed by atoms with Crippen LogP contribution in [0.4, 0.5) is 0 Å². The second-order valence-corrected chi connectivity index (χ2v) is 4.97. The summed E-state index contributed by atoms with van der Waals surface area (Å²) in [6, 6.07) is 19.7. The van der Waals surface area contributed by atoms with Crippen LogP contribution in [0.1, 0.15) is 23.6 Å². The van der Waals surface area contributed by atoms with Gasteiger partial charge in [0.05, 0.1) is 6.54 Å². The maximum atomic E-state index is 2.46. The first-order valence-corrected chi connectivity index (χ1v) is 6.29. The van der Waals surface area contributed by atoms with Crippen LogP contribution in [0.15, 0.2) is 54.6 Å². The molecule has 0 aromatic heterocycles. The summed E-state index contributed by atoms with van der Waals surface area (Å²) in [5.74, 6) is 0. The smallest absolute Gasteiger partial charge is 0.145 e. The number of fused-ring (bicyclic) bond motifs is 1. The largest absolute Gasteiger partial charge is 0.334 e. The third kappa shape index (κ3) is 1.67. The first-order valence-electron chi connectivity index (χ1n) is 6.29. The maximum absolute atomic E-state index is 2.46. The average molecular weight is 224 g/mol. The highest BCUT2D eigenvalue weighted by atomic mass is 15.0. The third-order valence-corrected chi connectivity index (χ3v) is 3.92. The molecule has 1 heterocycles. The number of nitrogens with two attached hydrogens (primary N) is 1. The molecule has 0 spiro atoms. The van der Waals surface area contributed by atoms with E-state index in [1.807, 2.05) is 0 Å². The van der Waals surface area contributed by atoms with Crippen LogP contribution < -0.4 is 5.32 Å². The molecule has 2 aromatic rings. The summed E-state index contributed by atoms with van der Waals surface area (Å²) in [6.45, 7) is 3.50. The molecule has 1 nitrogen and oxygen atoms in total. The van der Waals surface area contributed by atoms with E-state index in [4.69, 9.17) is 0 Å². The lowest BCUT2D eigenvalue weighted by molar-refractivity contribution is -0.726. The van der Waals surface area contributed by atoms with Gasteiger partial charge in [-0.05, 0) is 12.5 Å². The molecule has 0 bridgehead atoms. The Morgan fingerprint density at radius 1 is 0.941 bits per heavy atom. The fourth-order valence-corrected chi connectivity index (χ4v) is 2.93. The molecular formula is C16H18N+. The predicted molar refractivity (Wildman–Crippen MR) is 69.8 cm³/mol. The Balaban J connectivity index is 2.16. The van der Waals surface area contributed by atoms with Crippen molar-refractivity contribution in [2.45, 2.75) is 18.9 Å². The van der Waals surface area contributed by atoms with Crippen LogP contribution in [-0.4, -0.2) is 6.54 Å². The van der Waals surface area contributed by atoms with Gasteiger partial charge in [-0.15, -0.1) is 0 Å². The number of benzene rings is 2. The van der Waals surface area contributed by atoms with Crippen LogP contribution in [0, 0.1) is 0 Å². The molecule has 2 aromatic carbocycles. The summed E-state index contributed by atoms with van der Waals surface area (Å²) in [5, 5.41) is 2.46. The summed E-state index contributed by atoms with van der Waals surface area (Å²) < 4.78 is 0. The van der Waals surface area contributed by atoms with Gasteiger partial charge >= 0.3 is 0 Å². The molecule has 3 rings (SSSR count).